The third-order valence-electron chi connectivity index (χ3n) is 4.40. The molecule has 1 heterocycles. The molecule has 0 saturated carbocycles. The van der Waals surface area contributed by atoms with Gasteiger partial charge in [-0.2, -0.15) is 0 Å². The third-order valence-corrected chi connectivity index (χ3v) is 4.40. The summed E-state index contributed by atoms with van der Waals surface area (Å²) in [6.45, 7) is 2.01. The Morgan fingerprint density at radius 2 is 2.15 bits per heavy atom. The summed E-state index contributed by atoms with van der Waals surface area (Å²) in [7, 11) is 0. The summed E-state index contributed by atoms with van der Waals surface area (Å²) in [5.74, 6) is 0.554. The van der Waals surface area contributed by atoms with Gasteiger partial charge in [0.1, 0.15) is 0 Å². The number of benzene rings is 1. The largest absolute Gasteiger partial charge is 0.388 e. The topological polar surface area (TPSA) is 61.4 Å². The van der Waals surface area contributed by atoms with Gasteiger partial charge in [0.05, 0.1) is 12.1 Å². The third kappa shape index (κ3) is 2.86. The fourth-order valence-electron chi connectivity index (χ4n) is 3.36. The monoisotopic (exact) mass is 274 g/mol. The molecular weight excluding hydrogens is 252 g/mol. The van der Waals surface area contributed by atoms with Crippen molar-refractivity contribution >= 4 is 5.91 Å². The zero-order valence-electron chi connectivity index (χ0n) is 11.6. The molecule has 1 saturated heterocycles. The lowest BCUT2D eigenvalue weighted by Crippen LogP contribution is -2.35. The number of aliphatic hydroxyl groups is 1. The van der Waals surface area contributed by atoms with E-state index in [0.29, 0.717) is 18.8 Å². The lowest BCUT2D eigenvalue weighted by Gasteiger charge is -2.23. The van der Waals surface area contributed by atoms with Gasteiger partial charge in [0, 0.05) is 12.8 Å². The first-order valence-corrected chi connectivity index (χ1v) is 7.51. The van der Waals surface area contributed by atoms with Crippen LogP contribution in [0.3, 0.4) is 0 Å². The summed E-state index contributed by atoms with van der Waals surface area (Å²) < 4.78 is 0. The maximum absolute atomic E-state index is 12.2. The highest BCUT2D eigenvalue weighted by Gasteiger charge is 2.30. The number of amides is 1. The van der Waals surface area contributed by atoms with Gasteiger partial charge in [-0.1, -0.05) is 24.3 Å². The molecule has 1 aliphatic heterocycles. The van der Waals surface area contributed by atoms with Crippen molar-refractivity contribution in [3.05, 3.63) is 35.4 Å². The first-order valence-electron chi connectivity index (χ1n) is 7.51. The number of hydrogen-bond donors (Lipinski definition) is 3. The average Bonchev–Trinajstić information content (AvgIpc) is 2.77. The SMILES string of the molecule is O=C(CC1CCCNC1)NC1CC(O)c2ccccc21. The first kappa shape index (κ1) is 13.6. The van der Waals surface area contributed by atoms with Gasteiger partial charge >= 0.3 is 0 Å². The first-order chi connectivity index (χ1) is 9.74. The lowest BCUT2D eigenvalue weighted by atomic mass is 9.95. The molecule has 0 spiro atoms. The predicted molar refractivity (Wildman–Crippen MR) is 77.1 cm³/mol. The van der Waals surface area contributed by atoms with Gasteiger partial charge in [-0.25, -0.2) is 0 Å². The molecule has 1 aliphatic carbocycles. The molecule has 3 atom stereocenters. The number of hydrogen-bond acceptors (Lipinski definition) is 3. The second kappa shape index (κ2) is 5.94. The van der Waals surface area contributed by atoms with Crippen LogP contribution in [0.15, 0.2) is 24.3 Å². The molecule has 3 unspecified atom stereocenters. The molecule has 1 fully saturated rings. The van der Waals surface area contributed by atoms with Crippen LogP contribution in [0.2, 0.25) is 0 Å². The van der Waals surface area contributed by atoms with E-state index in [2.05, 4.69) is 10.6 Å². The summed E-state index contributed by atoms with van der Waals surface area (Å²) in [6.07, 6.45) is 3.01. The molecule has 0 radical (unpaired) electrons. The Morgan fingerprint density at radius 3 is 2.90 bits per heavy atom. The minimum absolute atomic E-state index is 0.0368. The van der Waals surface area contributed by atoms with Crippen LogP contribution < -0.4 is 10.6 Å². The minimum atomic E-state index is -0.451. The van der Waals surface area contributed by atoms with Crippen molar-refractivity contribution in [1.82, 2.24) is 10.6 Å². The summed E-state index contributed by atoms with van der Waals surface area (Å²) in [5.41, 5.74) is 2.02. The highest BCUT2D eigenvalue weighted by atomic mass is 16.3. The summed E-state index contributed by atoms with van der Waals surface area (Å²) >= 11 is 0. The van der Waals surface area contributed by atoms with Crippen molar-refractivity contribution in [1.29, 1.82) is 0 Å². The Labute approximate surface area is 119 Å². The van der Waals surface area contributed by atoms with Crippen molar-refractivity contribution in [2.45, 2.75) is 37.8 Å². The molecule has 1 aromatic rings. The van der Waals surface area contributed by atoms with Crippen molar-refractivity contribution in [2.24, 2.45) is 5.92 Å². The molecule has 1 aromatic carbocycles. The number of carbonyl (C=O) groups excluding carboxylic acids is 1. The molecule has 0 bridgehead atoms. The molecule has 1 amide bonds. The van der Waals surface area contributed by atoms with Crippen LogP contribution in [-0.2, 0) is 4.79 Å². The summed E-state index contributed by atoms with van der Waals surface area (Å²) in [4.78, 5) is 12.2. The second-order valence-corrected chi connectivity index (χ2v) is 5.92. The van der Waals surface area contributed by atoms with E-state index in [1.54, 1.807) is 0 Å². The van der Waals surface area contributed by atoms with Crippen LogP contribution >= 0.6 is 0 Å². The van der Waals surface area contributed by atoms with E-state index in [0.717, 1.165) is 37.1 Å². The van der Waals surface area contributed by atoms with E-state index >= 15 is 0 Å². The van der Waals surface area contributed by atoms with Crippen molar-refractivity contribution in [3.8, 4) is 0 Å². The van der Waals surface area contributed by atoms with E-state index < -0.39 is 6.10 Å². The Kier molecular flexibility index (Phi) is 4.03. The van der Waals surface area contributed by atoms with E-state index in [-0.39, 0.29) is 11.9 Å². The summed E-state index contributed by atoms with van der Waals surface area (Å²) in [6, 6.07) is 7.79. The lowest BCUT2D eigenvalue weighted by molar-refractivity contribution is -0.123. The minimum Gasteiger partial charge on any atom is -0.388 e. The van der Waals surface area contributed by atoms with Crippen LogP contribution in [0, 0.1) is 5.92 Å². The fourth-order valence-corrected chi connectivity index (χ4v) is 3.36. The Hall–Kier alpha value is -1.39. The summed E-state index contributed by atoms with van der Waals surface area (Å²) in [5, 5.41) is 16.4. The fraction of sp³-hybridized carbons (Fsp3) is 0.562. The molecular formula is C16H22N2O2. The van der Waals surface area contributed by atoms with Crippen molar-refractivity contribution < 1.29 is 9.90 Å². The highest BCUT2D eigenvalue weighted by molar-refractivity contribution is 5.77. The van der Waals surface area contributed by atoms with Gasteiger partial charge in [-0.05, 0) is 43.0 Å². The van der Waals surface area contributed by atoms with E-state index in [1.165, 1.54) is 0 Å². The van der Waals surface area contributed by atoms with E-state index in [9.17, 15) is 9.90 Å². The van der Waals surface area contributed by atoms with Gasteiger partial charge in [-0.3, -0.25) is 4.79 Å². The second-order valence-electron chi connectivity index (χ2n) is 5.92. The van der Waals surface area contributed by atoms with Crippen molar-refractivity contribution in [3.63, 3.8) is 0 Å². The maximum Gasteiger partial charge on any atom is 0.220 e. The Balaban J connectivity index is 1.59. The molecule has 2 aliphatic rings. The number of carbonyl (C=O) groups is 1. The highest BCUT2D eigenvalue weighted by Crippen LogP contribution is 2.38. The normalized spacial score (nSPS) is 28.9. The van der Waals surface area contributed by atoms with Crippen LogP contribution in [0.5, 0.6) is 0 Å². The van der Waals surface area contributed by atoms with Gasteiger partial charge in [-0.15, -0.1) is 0 Å². The van der Waals surface area contributed by atoms with Crippen molar-refractivity contribution in [2.75, 3.05) is 13.1 Å². The quantitative estimate of drug-likeness (QED) is 0.786. The smallest absolute Gasteiger partial charge is 0.220 e. The zero-order valence-corrected chi connectivity index (χ0v) is 11.6. The van der Waals surface area contributed by atoms with Gasteiger partial charge < -0.3 is 15.7 Å². The molecule has 20 heavy (non-hydrogen) atoms. The number of nitrogens with one attached hydrogen (secondary N) is 2. The number of rotatable bonds is 3. The average molecular weight is 274 g/mol. The van der Waals surface area contributed by atoms with Gasteiger partial charge in [0.25, 0.3) is 0 Å². The van der Waals surface area contributed by atoms with Crippen LogP contribution in [0.25, 0.3) is 0 Å². The predicted octanol–water partition coefficient (Wildman–Crippen LogP) is 1.67. The van der Waals surface area contributed by atoms with Crippen LogP contribution in [0.4, 0.5) is 0 Å². The van der Waals surface area contributed by atoms with E-state index in [1.807, 2.05) is 24.3 Å². The Bertz CT molecular complexity index is 483. The van der Waals surface area contributed by atoms with Gasteiger partial charge in [0.2, 0.25) is 5.91 Å². The van der Waals surface area contributed by atoms with Crippen LogP contribution in [0.1, 0.15) is 49.0 Å². The van der Waals surface area contributed by atoms with Gasteiger partial charge in [0.15, 0.2) is 0 Å². The molecule has 4 heteroatoms. The molecule has 0 aromatic heterocycles. The number of aliphatic hydroxyl groups excluding tert-OH is 1. The van der Waals surface area contributed by atoms with E-state index in [4.69, 9.17) is 0 Å². The maximum atomic E-state index is 12.2. The zero-order chi connectivity index (χ0) is 13.9. The number of fused-ring (bicyclic) bond motifs is 1. The molecule has 3 rings (SSSR count). The standard InChI is InChI=1S/C16H22N2O2/c19-15-9-14(12-5-1-2-6-13(12)15)18-16(20)8-11-4-3-7-17-10-11/h1-2,5-6,11,14-15,17,19H,3-4,7-10H2,(H,18,20). The van der Waals surface area contributed by atoms with Crippen LogP contribution in [-0.4, -0.2) is 24.1 Å². The molecule has 108 valence electrons. The molecule has 3 N–H and O–H groups in total. The molecule has 4 nitrogen and oxygen atoms in total. The number of piperidine rings is 1. The Morgan fingerprint density at radius 1 is 1.35 bits per heavy atom.